The number of rotatable bonds is 2. The van der Waals surface area contributed by atoms with Crippen LogP contribution in [0.3, 0.4) is 0 Å². The Bertz CT molecular complexity index is 396. The van der Waals surface area contributed by atoms with Crippen LogP contribution in [0.15, 0.2) is 24.5 Å². The SMILES string of the molecule is CC(C)(C)CC(=O)NNC(=O)c1ccncc1. The zero-order chi connectivity index (χ0) is 12.9. The van der Waals surface area contributed by atoms with E-state index in [1.807, 2.05) is 20.8 Å². The zero-order valence-corrected chi connectivity index (χ0v) is 10.3. The third-order valence-corrected chi connectivity index (χ3v) is 1.95. The molecule has 0 fully saturated rings. The second-order valence-corrected chi connectivity index (χ2v) is 4.98. The zero-order valence-electron chi connectivity index (χ0n) is 10.3. The molecule has 0 unspecified atom stereocenters. The average molecular weight is 235 g/mol. The molecule has 5 nitrogen and oxygen atoms in total. The number of hydrogen-bond donors (Lipinski definition) is 2. The molecule has 0 aliphatic heterocycles. The summed E-state index contributed by atoms with van der Waals surface area (Å²) in [7, 11) is 0. The first-order chi connectivity index (χ1) is 7.88. The molecule has 0 aliphatic carbocycles. The first-order valence-corrected chi connectivity index (χ1v) is 5.38. The van der Waals surface area contributed by atoms with Crippen LogP contribution in [0, 0.1) is 5.41 Å². The van der Waals surface area contributed by atoms with Crippen LogP contribution in [-0.4, -0.2) is 16.8 Å². The van der Waals surface area contributed by atoms with Gasteiger partial charge in [0.2, 0.25) is 5.91 Å². The maximum Gasteiger partial charge on any atom is 0.269 e. The largest absolute Gasteiger partial charge is 0.273 e. The van der Waals surface area contributed by atoms with Crippen molar-refractivity contribution in [1.82, 2.24) is 15.8 Å². The van der Waals surface area contributed by atoms with Crippen LogP contribution in [-0.2, 0) is 4.79 Å². The number of pyridine rings is 1. The highest BCUT2D eigenvalue weighted by atomic mass is 16.2. The summed E-state index contributed by atoms with van der Waals surface area (Å²) in [6, 6.07) is 3.15. The number of hydrogen-bond acceptors (Lipinski definition) is 3. The van der Waals surface area contributed by atoms with Crippen molar-refractivity contribution in [2.75, 3.05) is 0 Å². The fraction of sp³-hybridized carbons (Fsp3) is 0.417. The van der Waals surface area contributed by atoms with Gasteiger partial charge >= 0.3 is 0 Å². The minimum atomic E-state index is -0.352. The van der Waals surface area contributed by atoms with E-state index in [1.54, 1.807) is 12.1 Å². The Morgan fingerprint density at radius 2 is 1.76 bits per heavy atom. The number of hydrazine groups is 1. The van der Waals surface area contributed by atoms with E-state index in [0.29, 0.717) is 12.0 Å². The Morgan fingerprint density at radius 3 is 2.29 bits per heavy atom. The summed E-state index contributed by atoms with van der Waals surface area (Å²) in [4.78, 5) is 26.8. The van der Waals surface area contributed by atoms with Crippen molar-refractivity contribution in [3.05, 3.63) is 30.1 Å². The fourth-order valence-electron chi connectivity index (χ4n) is 1.23. The topological polar surface area (TPSA) is 71.1 Å². The average Bonchev–Trinajstić information content (AvgIpc) is 2.25. The van der Waals surface area contributed by atoms with Gasteiger partial charge < -0.3 is 0 Å². The first-order valence-electron chi connectivity index (χ1n) is 5.38. The molecule has 92 valence electrons. The Balaban J connectivity index is 2.42. The molecule has 17 heavy (non-hydrogen) atoms. The molecule has 0 atom stereocenters. The summed E-state index contributed by atoms with van der Waals surface area (Å²) in [5.41, 5.74) is 5.08. The van der Waals surface area contributed by atoms with Crippen molar-refractivity contribution >= 4 is 11.8 Å². The summed E-state index contributed by atoms with van der Waals surface area (Å²) < 4.78 is 0. The number of carbonyl (C=O) groups is 2. The molecule has 0 aliphatic rings. The number of aromatic nitrogens is 1. The molecule has 1 rings (SSSR count). The molecule has 0 saturated heterocycles. The van der Waals surface area contributed by atoms with E-state index in [1.165, 1.54) is 12.4 Å². The van der Waals surface area contributed by atoms with Gasteiger partial charge in [0.25, 0.3) is 5.91 Å². The second kappa shape index (κ2) is 5.43. The molecule has 0 radical (unpaired) electrons. The molecule has 2 N–H and O–H groups in total. The Labute approximate surface area is 101 Å². The minimum Gasteiger partial charge on any atom is -0.273 e. The van der Waals surface area contributed by atoms with Crippen molar-refractivity contribution in [2.45, 2.75) is 27.2 Å². The predicted octanol–water partition coefficient (Wildman–Crippen LogP) is 1.28. The predicted molar refractivity (Wildman–Crippen MR) is 63.9 cm³/mol. The molecule has 1 aromatic heterocycles. The lowest BCUT2D eigenvalue weighted by Crippen LogP contribution is -2.42. The van der Waals surface area contributed by atoms with Gasteiger partial charge in [-0.2, -0.15) is 0 Å². The smallest absolute Gasteiger partial charge is 0.269 e. The van der Waals surface area contributed by atoms with Gasteiger partial charge in [-0.05, 0) is 17.5 Å². The lowest BCUT2D eigenvalue weighted by molar-refractivity contribution is -0.123. The van der Waals surface area contributed by atoms with Crippen LogP contribution in [0.1, 0.15) is 37.6 Å². The molecule has 0 bridgehead atoms. The summed E-state index contributed by atoms with van der Waals surface area (Å²) in [5, 5.41) is 0. The first kappa shape index (κ1) is 13.2. The van der Waals surface area contributed by atoms with E-state index in [4.69, 9.17) is 0 Å². The lowest BCUT2D eigenvalue weighted by Gasteiger charge is -2.17. The van der Waals surface area contributed by atoms with Gasteiger partial charge in [-0.1, -0.05) is 20.8 Å². The quantitative estimate of drug-likeness (QED) is 0.758. The van der Waals surface area contributed by atoms with Crippen LogP contribution in [0.2, 0.25) is 0 Å². The monoisotopic (exact) mass is 235 g/mol. The van der Waals surface area contributed by atoms with Crippen molar-refractivity contribution < 1.29 is 9.59 Å². The van der Waals surface area contributed by atoms with E-state index >= 15 is 0 Å². The summed E-state index contributed by atoms with van der Waals surface area (Å²) >= 11 is 0. The molecule has 1 aromatic rings. The number of carbonyl (C=O) groups excluding carboxylic acids is 2. The van der Waals surface area contributed by atoms with Crippen LogP contribution < -0.4 is 10.9 Å². The van der Waals surface area contributed by atoms with Crippen molar-refractivity contribution in [3.8, 4) is 0 Å². The van der Waals surface area contributed by atoms with Crippen LogP contribution in [0.5, 0.6) is 0 Å². The molecule has 0 spiro atoms. The molecule has 2 amide bonds. The highest BCUT2D eigenvalue weighted by Gasteiger charge is 2.16. The summed E-state index contributed by atoms with van der Waals surface area (Å²) in [5.74, 6) is -0.561. The second-order valence-electron chi connectivity index (χ2n) is 4.98. The van der Waals surface area contributed by atoms with Crippen LogP contribution in [0.4, 0.5) is 0 Å². The maximum atomic E-state index is 11.6. The Morgan fingerprint density at radius 1 is 1.18 bits per heavy atom. The molecule has 0 saturated carbocycles. The van der Waals surface area contributed by atoms with E-state index in [-0.39, 0.29) is 17.2 Å². The van der Waals surface area contributed by atoms with Crippen LogP contribution >= 0.6 is 0 Å². The van der Waals surface area contributed by atoms with E-state index in [0.717, 1.165) is 0 Å². The molecule has 5 heteroatoms. The van der Waals surface area contributed by atoms with Crippen molar-refractivity contribution in [3.63, 3.8) is 0 Å². The molecule has 1 heterocycles. The summed E-state index contributed by atoms with van der Waals surface area (Å²) in [6.45, 7) is 5.87. The van der Waals surface area contributed by atoms with Gasteiger partial charge in [0.15, 0.2) is 0 Å². The van der Waals surface area contributed by atoms with Crippen molar-refractivity contribution in [1.29, 1.82) is 0 Å². The summed E-state index contributed by atoms with van der Waals surface area (Å²) in [6.07, 6.45) is 3.39. The van der Waals surface area contributed by atoms with Gasteiger partial charge in [-0.15, -0.1) is 0 Å². The minimum absolute atomic E-state index is 0.106. The normalized spacial score (nSPS) is 10.8. The third kappa shape index (κ3) is 5.10. The van der Waals surface area contributed by atoms with Gasteiger partial charge in [-0.25, -0.2) is 0 Å². The number of nitrogens with zero attached hydrogens (tertiary/aromatic N) is 1. The highest BCUT2D eigenvalue weighted by molar-refractivity contribution is 5.95. The number of nitrogens with one attached hydrogen (secondary N) is 2. The van der Waals surface area contributed by atoms with Crippen LogP contribution in [0.25, 0.3) is 0 Å². The fourth-order valence-corrected chi connectivity index (χ4v) is 1.23. The van der Waals surface area contributed by atoms with E-state index in [2.05, 4.69) is 15.8 Å². The van der Waals surface area contributed by atoms with Gasteiger partial charge in [0.05, 0.1) is 0 Å². The Hall–Kier alpha value is -1.91. The van der Waals surface area contributed by atoms with E-state index < -0.39 is 0 Å². The maximum absolute atomic E-state index is 11.6. The number of amides is 2. The highest BCUT2D eigenvalue weighted by Crippen LogP contribution is 2.17. The standard InChI is InChI=1S/C12H17N3O2/c1-12(2,3)8-10(16)14-15-11(17)9-4-6-13-7-5-9/h4-7H,8H2,1-3H3,(H,14,16)(H,15,17). The molecular weight excluding hydrogens is 218 g/mol. The van der Waals surface area contributed by atoms with Gasteiger partial charge in [0.1, 0.15) is 0 Å². The Kier molecular flexibility index (Phi) is 4.20. The van der Waals surface area contributed by atoms with E-state index in [9.17, 15) is 9.59 Å². The molecular formula is C12H17N3O2. The lowest BCUT2D eigenvalue weighted by atomic mass is 9.92. The van der Waals surface area contributed by atoms with Gasteiger partial charge in [-0.3, -0.25) is 25.4 Å². The third-order valence-electron chi connectivity index (χ3n) is 1.95. The van der Waals surface area contributed by atoms with Gasteiger partial charge in [0, 0.05) is 24.4 Å². The van der Waals surface area contributed by atoms with Crippen molar-refractivity contribution in [2.24, 2.45) is 5.41 Å². The molecule has 0 aromatic carbocycles.